The number of hydrogen-bond acceptors (Lipinski definition) is 14. The van der Waals surface area contributed by atoms with Crippen molar-refractivity contribution in [3.8, 4) is 12.3 Å². The van der Waals surface area contributed by atoms with E-state index in [4.69, 9.17) is 35.8 Å². The molecule has 15 nitrogen and oxygen atoms in total. The molecule has 0 aliphatic carbocycles. The third-order valence-electron chi connectivity index (χ3n) is 11.7. The van der Waals surface area contributed by atoms with Gasteiger partial charge in [0.05, 0.1) is 12.9 Å². The number of unbranched alkanes of at least 4 members (excludes halogenated alkanes) is 20. The number of terminal acetylenes is 1. The lowest BCUT2D eigenvalue weighted by Gasteiger charge is -2.26. The molecule has 0 radical (unpaired) electrons. The van der Waals surface area contributed by atoms with Crippen LogP contribution in [0.4, 0.5) is 10.2 Å². The van der Waals surface area contributed by atoms with E-state index in [1.54, 1.807) is 0 Å². The van der Waals surface area contributed by atoms with Crippen LogP contribution in [0.2, 0.25) is 0 Å². The molecule has 3 heterocycles. The number of hydrogen-bond donors (Lipinski definition) is 2. The minimum atomic E-state index is -1.73. The first kappa shape index (κ1) is 54.0. The fourth-order valence-corrected chi connectivity index (χ4v) is 7.83. The quantitative estimate of drug-likeness (QED) is 0.0215. The molecule has 360 valence electrons. The number of nitrogens with two attached hydrogens (primary N) is 1. The highest BCUT2D eigenvalue weighted by atomic mass is 19.1. The number of carbonyl (C=O) groups is 4. The summed E-state index contributed by atoms with van der Waals surface area (Å²) in [5, 5.41) is 10.2. The maximum atomic E-state index is 14.0. The number of anilines is 1. The van der Waals surface area contributed by atoms with Gasteiger partial charge in [-0.2, -0.15) is 14.4 Å². The van der Waals surface area contributed by atoms with Crippen LogP contribution >= 0.6 is 0 Å². The van der Waals surface area contributed by atoms with E-state index in [2.05, 4.69) is 34.7 Å². The smallest absolute Gasteiger partial charge is 0.312 e. The number of rotatable bonds is 36. The number of esters is 4. The lowest BCUT2D eigenvalue weighted by Crippen LogP contribution is -2.44. The highest BCUT2D eigenvalue weighted by Gasteiger charge is 2.51. The summed E-state index contributed by atoms with van der Waals surface area (Å²) in [6.07, 6.45) is 28.4. The van der Waals surface area contributed by atoms with E-state index in [0.29, 0.717) is 12.8 Å². The van der Waals surface area contributed by atoms with Crippen LogP contribution in [0.5, 0.6) is 0 Å². The molecule has 0 amide bonds. The summed E-state index contributed by atoms with van der Waals surface area (Å²) in [6.45, 7) is 3.20. The molecule has 0 aromatic carbocycles. The van der Waals surface area contributed by atoms with Gasteiger partial charge in [-0.3, -0.25) is 23.7 Å². The summed E-state index contributed by atoms with van der Waals surface area (Å²) in [5.41, 5.74) is 4.22. The molecule has 1 aliphatic heterocycles. The molecule has 0 bridgehead atoms. The van der Waals surface area contributed by atoms with Gasteiger partial charge in [-0.1, -0.05) is 148 Å². The van der Waals surface area contributed by atoms with Crippen molar-refractivity contribution in [1.82, 2.24) is 19.5 Å². The number of imidazole rings is 1. The monoisotopic (exact) mass is 902 g/mol. The number of carbonyl (C=O) groups excluding carboxylic acids is 4. The van der Waals surface area contributed by atoms with Gasteiger partial charge >= 0.3 is 30.0 Å². The summed E-state index contributed by atoms with van der Waals surface area (Å²) >= 11 is 0. The summed E-state index contributed by atoms with van der Waals surface area (Å²) in [6, 6.07) is 0. The number of ether oxygens (including phenoxy) is 5. The first-order chi connectivity index (χ1) is 31.0. The van der Waals surface area contributed by atoms with Crippen LogP contribution in [0.15, 0.2) is 6.33 Å². The molecule has 1 fully saturated rings. The Labute approximate surface area is 379 Å². The molecule has 0 saturated carbocycles. The van der Waals surface area contributed by atoms with Crippen molar-refractivity contribution in [3.63, 3.8) is 0 Å². The topological polar surface area (TPSA) is 204 Å². The van der Waals surface area contributed by atoms with E-state index >= 15 is 0 Å². The predicted octanol–water partition coefficient (Wildman–Crippen LogP) is 9.31. The van der Waals surface area contributed by atoms with Gasteiger partial charge in [0.15, 0.2) is 28.7 Å². The molecule has 2 aromatic heterocycles. The van der Waals surface area contributed by atoms with Crippen LogP contribution in [0.25, 0.3) is 11.2 Å². The Kier molecular flexibility index (Phi) is 26.6. The molecular formula is C48H76FN5O10. The van der Waals surface area contributed by atoms with Crippen LogP contribution in [-0.2, 0) is 42.9 Å². The van der Waals surface area contributed by atoms with Crippen LogP contribution in [0, 0.1) is 18.4 Å². The zero-order valence-corrected chi connectivity index (χ0v) is 38.7. The van der Waals surface area contributed by atoms with E-state index in [1.807, 2.05) is 0 Å². The van der Waals surface area contributed by atoms with E-state index in [-0.39, 0.29) is 68.7 Å². The van der Waals surface area contributed by atoms with Gasteiger partial charge in [-0.15, -0.1) is 6.42 Å². The average Bonchev–Trinajstić information content (AvgIpc) is 3.87. The second-order valence-electron chi connectivity index (χ2n) is 17.1. The second kappa shape index (κ2) is 31.5. The Morgan fingerprint density at radius 1 is 0.766 bits per heavy atom. The van der Waals surface area contributed by atoms with Gasteiger partial charge in [-0.05, 0) is 19.3 Å². The van der Waals surface area contributed by atoms with Crippen molar-refractivity contribution in [2.24, 2.45) is 0 Å². The molecule has 1 saturated heterocycles. The summed E-state index contributed by atoms with van der Waals surface area (Å²) in [5.74, 6) is -0.0239. The maximum absolute atomic E-state index is 14.0. The van der Waals surface area contributed by atoms with Gasteiger partial charge < -0.3 is 34.5 Å². The molecule has 64 heavy (non-hydrogen) atoms. The van der Waals surface area contributed by atoms with Crippen molar-refractivity contribution in [1.29, 1.82) is 0 Å². The van der Waals surface area contributed by atoms with Gasteiger partial charge in [0.25, 0.3) is 0 Å². The van der Waals surface area contributed by atoms with Crippen LogP contribution in [0.3, 0.4) is 0 Å². The number of aliphatic hydroxyl groups excluding tert-OH is 1. The zero-order chi connectivity index (χ0) is 46.4. The number of nitrogen functional groups attached to an aromatic ring is 1. The first-order valence-corrected chi connectivity index (χ1v) is 24.2. The zero-order valence-electron chi connectivity index (χ0n) is 38.7. The SMILES string of the molecule is C#C[C@]1(CO)O[C@@H](n2cnc3c(N)nc(F)nc32)C[C@@H]1OC(=O)CCCC(=O)OC(COC(=O)CCCCCCCCCCCCC)COC(=O)CCCCCCCCCCCCC. The van der Waals surface area contributed by atoms with Crippen molar-refractivity contribution in [2.45, 2.75) is 218 Å². The molecule has 0 spiro atoms. The average molecular weight is 902 g/mol. The van der Waals surface area contributed by atoms with E-state index < -0.39 is 60.6 Å². The summed E-state index contributed by atoms with van der Waals surface area (Å²) in [7, 11) is 0. The Morgan fingerprint density at radius 3 is 1.72 bits per heavy atom. The van der Waals surface area contributed by atoms with Crippen molar-refractivity contribution in [2.75, 3.05) is 25.6 Å². The van der Waals surface area contributed by atoms with E-state index in [1.165, 1.54) is 101 Å². The molecule has 16 heteroatoms. The Bertz CT molecular complexity index is 1680. The normalized spacial score (nSPS) is 17.1. The van der Waals surface area contributed by atoms with Crippen molar-refractivity contribution in [3.05, 3.63) is 12.4 Å². The largest absolute Gasteiger partial charge is 0.462 e. The standard InChI is InChI=1S/C48H76FN5O10/c1-4-7-9-11-13-15-17-19-21-23-25-28-40(56)60-33-37(34-61-41(57)29-26-24-22-20-18-16-14-12-10-8-5-2)62-42(58)30-27-31-43(59)63-38-32-39(64-48(38,6-3)35-55)54-36-51-44-45(50)52-47(49)53-46(44)54/h3,36-39,55H,4-5,7-35H2,1-2H3,(H2,50,52,53)/t38-,39+,48+/m0/s1. The molecule has 2 aromatic rings. The lowest BCUT2D eigenvalue weighted by molar-refractivity contribution is -0.167. The van der Waals surface area contributed by atoms with Crippen LogP contribution in [-0.4, -0.2) is 86.1 Å². The van der Waals surface area contributed by atoms with Gasteiger partial charge in [0.1, 0.15) is 25.5 Å². The number of halogens is 1. The predicted molar refractivity (Wildman–Crippen MR) is 241 cm³/mol. The number of aliphatic hydroxyl groups is 1. The summed E-state index contributed by atoms with van der Waals surface area (Å²) < 4.78 is 43.5. The molecule has 3 N–H and O–H groups in total. The van der Waals surface area contributed by atoms with E-state index in [9.17, 15) is 28.7 Å². The highest BCUT2D eigenvalue weighted by Crippen LogP contribution is 2.40. The molecule has 0 unspecified atom stereocenters. The third-order valence-corrected chi connectivity index (χ3v) is 11.7. The third kappa shape index (κ3) is 20.2. The Hall–Kier alpha value is -4.36. The van der Waals surface area contributed by atoms with Crippen molar-refractivity contribution >= 4 is 40.9 Å². The van der Waals surface area contributed by atoms with Crippen LogP contribution in [0.1, 0.15) is 200 Å². The Morgan fingerprint density at radius 2 is 1.23 bits per heavy atom. The minimum absolute atomic E-state index is 0.0286. The minimum Gasteiger partial charge on any atom is -0.462 e. The second-order valence-corrected chi connectivity index (χ2v) is 17.1. The number of nitrogens with zero attached hydrogens (tertiary/aromatic N) is 4. The van der Waals surface area contributed by atoms with Crippen LogP contribution < -0.4 is 5.73 Å². The van der Waals surface area contributed by atoms with Gasteiger partial charge in [0.2, 0.25) is 0 Å². The van der Waals surface area contributed by atoms with Crippen molar-refractivity contribution < 1.29 is 52.4 Å². The number of fused-ring (bicyclic) bond motifs is 1. The lowest BCUT2D eigenvalue weighted by atomic mass is 9.98. The van der Waals surface area contributed by atoms with E-state index in [0.717, 1.165) is 38.5 Å². The highest BCUT2D eigenvalue weighted by molar-refractivity contribution is 5.81. The molecule has 3 atom stereocenters. The fraction of sp³-hybridized carbons (Fsp3) is 0.771. The first-order valence-electron chi connectivity index (χ1n) is 24.2. The summed E-state index contributed by atoms with van der Waals surface area (Å²) in [4.78, 5) is 62.6. The van der Waals surface area contributed by atoms with Gasteiger partial charge in [-0.25, -0.2) is 4.98 Å². The van der Waals surface area contributed by atoms with Gasteiger partial charge in [0, 0.05) is 32.1 Å². The molecule has 3 rings (SSSR count). The molecular weight excluding hydrogens is 826 g/mol. The Balaban J connectivity index is 1.44. The fourth-order valence-electron chi connectivity index (χ4n) is 7.83. The molecule has 1 aliphatic rings. The number of aromatic nitrogens is 4. The maximum Gasteiger partial charge on any atom is 0.312 e.